The van der Waals surface area contributed by atoms with Gasteiger partial charge in [0.2, 0.25) is 5.91 Å². The Morgan fingerprint density at radius 3 is 2.49 bits per heavy atom. The molecule has 5 rings (SSSR count). The molecule has 5 unspecified atom stereocenters. The lowest BCUT2D eigenvalue weighted by molar-refractivity contribution is -0.126. The van der Waals surface area contributed by atoms with Crippen LogP contribution in [-0.4, -0.2) is 105 Å². The number of amides is 1. The summed E-state index contributed by atoms with van der Waals surface area (Å²) in [5, 5.41) is 9.34. The van der Waals surface area contributed by atoms with E-state index in [1.165, 1.54) is 25.9 Å². The number of likely N-dealkylation sites (tertiary alicyclic amines) is 2. The molecule has 0 aromatic rings. The molecule has 1 aliphatic carbocycles. The summed E-state index contributed by atoms with van der Waals surface area (Å²) in [7, 11) is 0. The molecule has 0 aromatic carbocycles. The van der Waals surface area contributed by atoms with Crippen molar-refractivity contribution in [2.75, 3.05) is 52.4 Å². The topological polar surface area (TPSA) is 121 Å². The number of carbonyl (C=O) groups excluding carboxylic acids is 1. The number of alkyl halides is 2. The van der Waals surface area contributed by atoms with E-state index in [9.17, 15) is 9.18 Å². The van der Waals surface area contributed by atoms with Crippen molar-refractivity contribution >= 4 is 5.91 Å². The Morgan fingerprint density at radius 2 is 1.78 bits per heavy atom. The Bertz CT molecular complexity index is 873. The lowest BCUT2D eigenvalue weighted by atomic mass is 9.72. The first-order chi connectivity index (χ1) is 19.8. The SMILES string of the molecule is NC(N)C(C(=O)NC1=CNCC(F)C1N1CCC(OCCN2CCCC2)CC1)C1CC2(CCCC2)CCC(F)CN1. The fraction of sp³-hybridized carbons (Fsp3) is 0.900. The highest BCUT2D eigenvalue weighted by Gasteiger charge is 2.44. The number of hydrogen-bond acceptors (Lipinski definition) is 8. The minimum Gasteiger partial charge on any atom is -0.386 e. The molecule has 0 aromatic heterocycles. The first-order valence-electron chi connectivity index (χ1n) is 16.2. The molecule has 4 aliphatic heterocycles. The summed E-state index contributed by atoms with van der Waals surface area (Å²) in [6, 6.07) is -0.890. The standard InChI is InChI=1S/C30H53F2N7O2/c31-21-5-10-30(8-1-2-9-30)17-24(36-18-21)26(28(33)34)29(40)37-25-20-35-19-23(32)27(25)39-13-6-22(7-14-39)41-16-15-38-11-3-4-12-38/h20-24,26-28,35-36H,1-19,33-34H2,(H,37,40). The second-order valence-corrected chi connectivity index (χ2v) is 13.3. The number of ether oxygens (including phenoxy) is 1. The number of hydrogen-bond donors (Lipinski definition) is 5. The molecule has 4 heterocycles. The molecule has 3 saturated heterocycles. The number of rotatable bonds is 9. The van der Waals surface area contributed by atoms with Crippen molar-refractivity contribution < 1.29 is 18.3 Å². The molecular formula is C30H53F2N7O2. The summed E-state index contributed by atoms with van der Waals surface area (Å²) in [6.45, 7) is 5.85. The molecule has 0 bridgehead atoms. The average Bonchev–Trinajstić information content (AvgIpc) is 3.63. The van der Waals surface area contributed by atoms with Crippen molar-refractivity contribution in [3.63, 3.8) is 0 Å². The van der Waals surface area contributed by atoms with Gasteiger partial charge in [-0.15, -0.1) is 0 Å². The third-order valence-corrected chi connectivity index (χ3v) is 10.4. The van der Waals surface area contributed by atoms with E-state index in [2.05, 4.69) is 25.8 Å². The third-order valence-electron chi connectivity index (χ3n) is 10.4. The summed E-state index contributed by atoms with van der Waals surface area (Å²) in [4.78, 5) is 18.4. The molecule has 5 aliphatic rings. The molecule has 1 saturated carbocycles. The average molecular weight is 582 g/mol. The number of carbonyl (C=O) groups is 1. The third kappa shape index (κ3) is 7.97. The highest BCUT2D eigenvalue weighted by molar-refractivity contribution is 5.82. The zero-order chi connectivity index (χ0) is 28.8. The van der Waals surface area contributed by atoms with Crippen LogP contribution < -0.4 is 27.4 Å². The summed E-state index contributed by atoms with van der Waals surface area (Å²) in [6.07, 6.45) is 9.58. The van der Waals surface area contributed by atoms with Crippen LogP contribution in [0.25, 0.3) is 0 Å². The zero-order valence-electron chi connectivity index (χ0n) is 24.7. The van der Waals surface area contributed by atoms with E-state index in [-0.39, 0.29) is 36.6 Å². The normalized spacial score (nSPS) is 32.9. The smallest absolute Gasteiger partial charge is 0.231 e. The number of nitrogens with one attached hydrogen (secondary N) is 3. The second-order valence-electron chi connectivity index (χ2n) is 13.3. The van der Waals surface area contributed by atoms with Gasteiger partial charge in [-0.1, -0.05) is 12.8 Å². The summed E-state index contributed by atoms with van der Waals surface area (Å²) < 4.78 is 36.2. The fourth-order valence-electron chi connectivity index (χ4n) is 8.05. The van der Waals surface area contributed by atoms with Gasteiger partial charge in [0.05, 0.1) is 36.5 Å². The number of nitrogens with zero attached hydrogens (tertiary/aromatic N) is 2. The Kier molecular flexibility index (Phi) is 10.9. The maximum absolute atomic E-state index is 15.4. The van der Waals surface area contributed by atoms with Gasteiger partial charge < -0.3 is 37.1 Å². The first-order valence-corrected chi connectivity index (χ1v) is 16.2. The van der Waals surface area contributed by atoms with Gasteiger partial charge in [0, 0.05) is 45.0 Å². The van der Waals surface area contributed by atoms with Gasteiger partial charge in [-0.05, 0) is 76.3 Å². The molecule has 0 radical (unpaired) electrons. The first kappa shape index (κ1) is 31.1. The second kappa shape index (κ2) is 14.4. The number of piperidine rings is 1. The van der Waals surface area contributed by atoms with E-state index in [0.29, 0.717) is 25.2 Å². The maximum atomic E-state index is 15.4. The number of nitrogens with two attached hydrogens (primary N) is 2. The molecule has 234 valence electrons. The van der Waals surface area contributed by atoms with Gasteiger partial charge in [0.1, 0.15) is 12.3 Å². The van der Waals surface area contributed by atoms with Crippen molar-refractivity contribution in [2.24, 2.45) is 22.8 Å². The van der Waals surface area contributed by atoms with E-state index in [4.69, 9.17) is 16.2 Å². The summed E-state index contributed by atoms with van der Waals surface area (Å²) in [5.41, 5.74) is 13.0. The van der Waals surface area contributed by atoms with E-state index in [1.54, 1.807) is 6.20 Å². The molecule has 9 nitrogen and oxygen atoms in total. The molecular weight excluding hydrogens is 528 g/mol. The fourth-order valence-corrected chi connectivity index (χ4v) is 8.05. The Morgan fingerprint density at radius 1 is 1.05 bits per heavy atom. The van der Waals surface area contributed by atoms with Crippen LogP contribution in [0.3, 0.4) is 0 Å². The van der Waals surface area contributed by atoms with Gasteiger partial charge in [-0.2, -0.15) is 0 Å². The van der Waals surface area contributed by atoms with Crippen molar-refractivity contribution in [1.29, 1.82) is 0 Å². The Hall–Kier alpha value is -1.37. The molecule has 41 heavy (non-hydrogen) atoms. The molecule has 7 N–H and O–H groups in total. The molecule has 5 atom stereocenters. The molecule has 4 fully saturated rings. The molecule has 1 spiro atoms. The predicted octanol–water partition coefficient (Wildman–Crippen LogP) is 1.73. The summed E-state index contributed by atoms with van der Waals surface area (Å²) >= 11 is 0. The van der Waals surface area contributed by atoms with Crippen LogP contribution in [0.4, 0.5) is 8.78 Å². The quantitative estimate of drug-likeness (QED) is 0.261. The van der Waals surface area contributed by atoms with Crippen molar-refractivity contribution in [1.82, 2.24) is 25.8 Å². The van der Waals surface area contributed by atoms with Crippen molar-refractivity contribution in [3.8, 4) is 0 Å². The minimum absolute atomic E-state index is 0.0228. The van der Waals surface area contributed by atoms with Crippen LogP contribution in [0.1, 0.15) is 70.6 Å². The van der Waals surface area contributed by atoms with Gasteiger partial charge >= 0.3 is 0 Å². The van der Waals surface area contributed by atoms with Gasteiger partial charge in [-0.3, -0.25) is 9.69 Å². The van der Waals surface area contributed by atoms with E-state index >= 15 is 4.39 Å². The minimum atomic E-state index is -1.17. The summed E-state index contributed by atoms with van der Waals surface area (Å²) in [5.74, 6) is -1.08. The van der Waals surface area contributed by atoms with E-state index in [0.717, 1.165) is 64.5 Å². The van der Waals surface area contributed by atoms with Crippen LogP contribution in [0.2, 0.25) is 0 Å². The molecule has 11 heteroatoms. The zero-order valence-corrected chi connectivity index (χ0v) is 24.7. The number of halogens is 2. The van der Waals surface area contributed by atoms with Crippen LogP contribution in [0, 0.1) is 11.3 Å². The van der Waals surface area contributed by atoms with Crippen molar-refractivity contribution in [2.45, 2.75) is 107 Å². The van der Waals surface area contributed by atoms with Crippen LogP contribution in [0.5, 0.6) is 0 Å². The lowest BCUT2D eigenvalue weighted by Crippen LogP contribution is -2.60. The highest BCUT2D eigenvalue weighted by Crippen LogP contribution is 2.47. The van der Waals surface area contributed by atoms with Gasteiger partial charge in [0.25, 0.3) is 0 Å². The predicted molar refractivity (Wildman–Crippen MR) is 156 cm³/mol. The largest absolute Gasteiger partial charge is 0.386 e. The monoisotopic (exact) mass is 581 g/mol. The van der Waals surface area contributed by atoms with Gasteiger partial charge in [0.15, 0.2) is 0 Å². The lowest BCUT2D eigenvalue weighted by Gasteiger charge is -2.43. The Balaban J connectivity index is 1.20. The molecule has 1 amide bonds. The van der Waals surface area contributed by atoms with Crippen LogP contribution in [-0.2, 0) is 9.53 Å². The van der Waals surface area contributed by atoms with Crippen molar-refractivity contribution in [3.05, 3.63) is 11.9 Å². The van der Waals surface area contributed by atoms with E-state index < -0.39 is 30.5 Å². The maximum Gasteiger partial charge on any atom is 0.231 e. The van der Waals surface area contributed by atoms with Crippen LogP contribution >= 0.6 is 0 Å². The Labute approximate surface area is 244 Å². The highest BCUT2D eigenvalue weighted by atomic mass is 19.1. The van der Waals surface area contributed by atoms with Gasteiger partial charge in [-0.25, -0.2) is 8.78 Å². The van der Waals surface area contributed by atoms with Crippen LogP contribution in [0.15, 0.2) is 11.9 Å². The van der Waals surface area contributed by atoms with E-state index in [1.807, 2.05) is 0 Å².